The van der Waals surface area contributed by atoms with Crippen molar-refractivity contribution >= 4 is 17.3 Å². The molecule has 1 rings (SSSR count). The van der Waals surface area contributed by atoms with Gasteiger partial charge in [0, 0.05) is 22.8 Å². The summed E-state index contributed by atoms with van der Waals surface area (Å²) in [6.07, 6.45) is 1.91. The molecule has 3 nitrogen and oxygen atoms in total. The van der Waals surface area contributed by atoms with Gasteiger partial charge in [0.1, 0.15) is 0 Å². The Morgan fingerprint density at radius 1 is 1.57 bits per heavy atom. The monoisotopic (exact) mass is 211 g/mol. The Hall–Kier alpha value is -1.13. The van der Waals surface area contributed by atoms with Crippen molar-refractivity contribution in [2.75, 3.05) is 6.54 Å². The van der Waals surface area contributed by atoms with Crippen molar-refractivity contribution in [1.29, 1.82) is 0 Å². The molecule has 0 aliphatic rings. The highest BCUT2D eigenvalue weighted by molar-refractivity contribution is 7.12. The fourth-order valence-electron chi connectivity index (χ4n) is 1.06. The van der Waals surface area contributed by atoms with Crippen LogP contribution in [0.15, 0.2) is 24.8 Å². The molecular weight excluding hydrogens is 198 g/mol. The number of hydrogen-bond donors (Lipinski definition) is 2. The lowest BCUT2D eigenvalue weighted by atomic mass is 10.3. The van der Waals surface area contributed by atoms with Crippen LogP contribution in [0.4, 0.5) is 0 Å². The fourth-order valence-corrected chi connectivity index (χ4v) is 2.04. The van der Waals surface area contributed by atoms with E-state index < -0.39 is 5.97 Å². The van der Waals surface area contributed by atoms with E-state index >= 15 is 0 Å². The van der Waals surface area contributed by atoms with Crippen molar-refractivity contribution in [3.63, 3.8) is 0 Å². The van der Waals surface area contributed by atoms with Crippen LogP contribution in [-0.4, -0.2) is 17.6 Å². The van der Waals surface area contributed by atoms with Crippen molar-refractivity contribution in [2.45, 2.75) is 13.0 Å². The van der Waals surface area contributed by atoms with E-state index in [1.54, 1.807) is 6.08 Å². The molecule has 0 aromatic carbocycles. The molecule has 4 heteroatoms. The standard InChI is InChI=1S/C10H13NO2S/c1-2-5-11-7-9-4-3-8(14-9)6-10(12)13/h2-4,11H,1,5-7H2,(H,12,13). The van der Waals surface area contributed by atoms with E-state index in [0.717, 1.165) is 22.8 Å². The summed E-state index contributed by atoms with van der Waals surface area (Å²) in [4.78, 5) is 12.5. The van der Waals surface area contributed by atoms with Gasteiger partial charge < -0.3 is 10.4 Å². The van der Waals surface area contributed by atoms with Crippen LogP contribution in [0.3, 0.4) is 0 Å². The summed E-state index contributed by atoms with van der Waals surface area (Å²) in [5.41, 5.74) is 0. The van der Waals surface area contributed by atoms with Gasteiger partial charge in [0.05, 0.1) is 6.42 Å². The zero-order valence-electron chi connectivity index (χ0n) is 7.82. The molecule has 0 amide bonds. The van der Waals surface area contributed by atoms with Gasteiger partial charge in [-0.25, -0.2) is 0 Å². The van der Waals surface area contributed by atoms with Crippen LogP contribution in [0.2, 0.25) is 0 Å². The van der Waals surface area contributed by atoms with E-state index in [0.29, 0.717) is 0 Å². The summed E-state index contributed by atoms with van der Waals surface area (Å²) in [5.74, 6) is -0.780. The van der Waals surface area contributed by atoms with Crippen LogP contribution in [0.1, 0.15) is 9.75 Å². The zero-order valence-corrected chi connectivity index (χ0v) is 8.64. The summed E-state index contributed by atoms with van der Waals surface area (Å²) in [6, 6.07) is 3.82. The average molecular weight is 211 g/mol. The Morgan fingerprint density at radius 3 is 2.93 bits per heavy atom. The van der Waals surface area contributed by atoms with Crippen LogP contribution in [0.5, 0.6) is 0 Å². The van der Waals surface area contributed by atoms with Gasteiger partial charge in [-0.2, -0.15) is 0 Å². The van der Waals surface area contributed by atoms with E-state index in [-0.39, 0.29) is 6.42 Å². The lowest BCUT2D eigenvalue weighted by Gasteiger charge is -1.96. The summed E-state index contributed by atoms with van der Waals surface area (Å²) in [6.45, 7) is 5.14. The zero-order chi connectivity index (χ0) is 10.4. The second kappa shape index (κ2) is 5.57. The first kappa shape index (κ1) is 10.9. The van der Waals surface area contributed by atoms with E-state index in [9.17, 15) is 4.79 Å². The van der Waals surface area contributed by atoms with Gasteiger partial charge in [0.25, 0.3) is 0 Å². The van der Waals surface area contributed by atoms with Gasteiger partial charge >= 0.3 is 5.97 Å². The molecule has 0 aliphatic carbocycles. The smallest absolute Gasteiger partial charge is 0.308 e. The SMILES string of the molecule is C=CCNCc1ccc(CC(=O)O)s1. The molecule has 0 atom stereocenters. The number of rotatable bonds is 6. The quantitative estimate of drug-likeness (QED) is 0.555. The van der Waals surface area contributed by atoms with Gasteiger partial charge in [-0.3, -0.25) is 4.79 Å². The molecular formula is C10H13NO2S. The molecule has 0 saturated carbocycles. The molecule has 14 heavy (non-hydrogen) atoms. The third-order valence-electron chi connectivity index (χ3n) is 1.63. The molecule has 1 aromatic heterocycles. The van der Waals surface area contributed by atoms with Gasteiger partial charge in [-0.05, 0) is 12.1 Å². The number of carboxylic acids is 1. The van der Waals surface area contributed by atoms with E-state index in [1.165, 1.54) is 11.3 Å². The minimum Gasteiger partial charge on any atom is -0.481 e. The third-order valence-corrected chi connectivity index (χ3v) is 2.72. The molecule has 0 saturated heterocycles. The Kier molecular flexibility index (Phi) is 4.35. The summed E-state index contributed by atoms with van der Waals surface area (Å²) >= 11 is 1.53. The first-order chi connectivity index (χ1) is 6.72. The number of nitrogens with one attached hydrogen (secondary N) is 1. The Bertz CT molecular complexity index is 320. The van der Waals surface area contributed by atoms with Crippen LogP contribution in [-0.2, 0) is 17.8 Å². The first-order valence-corrected chi connectivity index (χ1v) is 5.15. The Balaban J connectivity index is 2.42. The largest absolute Gasteiger partial charge is 0.481 e. The van der Waals surface area contributed by atoms with Gasteiger partial charge in [0.15, 0.2) is 0 Å². The molecule has 76 valence electrons. The highest BCUT2D eigenvalue weighted by Gasteiger charge is 2.03. The topological polar surface area (TPSA) is 49.3 Å². The number of carboxylic acid groups (broad SMARTS) is 1. The van der Waals surface area contributed by atoms with Crippen molar-refractivity contribution in [1.82, 2.24) is 5.32 Å². The molecule has 2 N–H and O–H groups in total. The number of thiophene rings is 1. The number of aliphatic carboxylic acids is 1. The molecule has 0 unspecified atom stereocenters. The fraction of sp³-hybridized carbons (Fsp3) is 0.300. The van der Waals surface area contributed by atoms with Crippen molar-refractivity contribution in [2.24, 2.45) is 0 Å². The molecule has 0 bridgehead atoms. The third kappa shape index (κ3) is 3.72. The maximum Gasteiger partial charge on any atom is 0.308 e. The van der Waals surface area contributed by atoms with Crippen molar-refractivity contribution < 1.29 is 9.90 Å². The second-order valence-electron chi connectivity index (χ2n) is 2.86. The van der Waals surface area contributed by atoms with Gasteiger partial charge in [-0.1, -0.05) is 6.08 Å². The Morgan fingerprint density at radius 2 is 2.29 bits per heavy atom. The predicted molar refractivity (Wildman–Crippen MR) is 57.6 cm³/mol. The molecule has 0 spiro atoms. The summed E-state index contributed by atoms with van der Waals surface area (Å²) in [5, 5.41) is 11.7. The lowest BCUT2D eigenvalue weighted by Crippen LogP contribution is -2.11. The summed E-state index contributed by atoms with van der Waals surface area (Å²) in [7, 11) is 0. The number of hydrogen-bond acceptors (Lipinski definition) is 3. The molecule has 1 heterocycles. The molecule has 1 aromatic rings. The van der Waals surface area contributed by atoms with Crippen LogP contribution >= 0.6 is 11.3 Å². The van der Waals surface area contributed by atoms with Crippen LogP contribution in [0, 0.1) is 0 Å². The number of carbonyl (C=O) groups is 1. The minimum atomic E-state index is -0.780. The van der Waals surface area contributed by atoms with Gasteiger partial charge in [0.2, 0.25) is 0 Å². The predicted octanol–water partition coefficient (Wildman–Crippen LogP) is 1.65. The maximum atomic E-state index is 10.4. The van der Waals surface area contributed by atoms with E-state index in [1.807, 2.05) is 12.1 Å². The molecule has 0 radical (unpaired) electrons. The van der Waals surface area contributed by atoms with Crippen molar-refractivity contribution in [3.8, 4) is 0 Å². The molecule has 0 aliphatic heterocycles. The highest BCUT2D eigenvalue weighted by atomic mass is 32.1. The molecule has 0 fully saturated rings. The normalized spacial score (nSPS) is 10.0. The van der Waals surface area contributed by atoms with E-state index in [4.69, 9.17) is 5.11 Å². The Labute approximate surface area is 87.1 Å². The summed E-state index contributed by atoms with van der Waals surface area (Å²) < 4.78 is 0. The van der Waals surface area contributed by atoms with Crippen LogP contribution in [0.25, 0.3) is 0 Å². The van der Waals surface area contributed by atoms with Crippen LogP contribution < -0.4 is 5.32 Å². The lowest BCUT2D eigenvalue weighted by molar-refractivity contribution is -0.136. The van der Waals surface area contributed by atoms with Gasteiger partial charge in [-0.15, -0.1) is 17.9 Å². The average Bonchev–Trinajstić information content (AvgIpc) is 2.52. The second-order valence-corrected chi connectivity index (χ2v) is 4.11. The first-order valence-electron chi connectivity index (χ1n) is 4.33. The minimum absolute atomic E-state index is 0.117. The van der Waals surface area contributed by atoms with Crippen molar-refractivity contribution in [3.05, 3.63) is 34.5 Å². The van der Waals surface area contributed by atoms with E-state index in [2.05, 4.69) is 11.9 Å². The highest BCUT2D eigenvalue weighted by Crippen LogP contribution is 2.16. The maximum absolute atomic E-state index is 10.4.